The Morgan fingerprint density at radius 2 is 1.80 bits per heavy atom. The van der Waals surface area contributed by atoms with Crippen LogP contribution in [0, 0.1) is 10.1 Å². The molecule has 8 heteroatoms. The second-order valence-corrected chi connectivity index (χ2v) is 7.34. The first-order chi connectivity index (χ1) is 11.8. The lowest BCUT2D eigenvalue weighted by Crippen LogP contribution is -2.08. The molecule has 7 nitrogen and oxygen atoms in total. The molecule has 0 heterocycles. The maximum atomic E-state index is 11.9. The van der Waals surface area contributed by atoms with Crippen molar-refractivity contribution in [3.8, 4) is 0 Å². The molecular weight excluding hydrogens is 344 g/mol. The summed E-state index contributed by atoms with van der Waals surface area (Å²) >= 11 is 0. The van der Waals surface area contributed by atoms with Crippen LogP contribution < -0.4 is 5.32 Å². The van der Waals surface area contributed by atoms with Crippen LogP contribution in [0.15, 0.2) is 59.5 Å². The van der Waals surface area contributed by atoms with Crippen molar-refractivity contribution in [2.75, 3.05) is 11.1 Å². The maximum Gasteiger partial charge on any atom is 0.276 e. The fraction of sp³-hybridized carbons (Fsp3) is 0.118. The fourth-order valence-corrected chi connectivity index (χ4v) is 2.94. The lowest BCUT2D eigenvalue weighted by molar-refractivity contribution is -0.385. The Hall–Kier alpha value is -3.00. The molecule has 0 radical (unpaired) electrons. The third kappa shape index (κ3) is 4.74. The van der Waals surface area contributed by atoms with Crippen molar-refractivity contribution in [2.24, 2.45) is 0 Å². The van der Waals surface area contributed by atoms with E-state index in [9.17, 15) is 23.3 Å². The first kappa shape index (κ1) is 18.3. The van der Waals surface area contributed by atoms with Crippen LogP contribution in [0.4, 0.5) is 11.4 Å². The lowest BCUT2D eigenvalue weighted by atomic mass is 10.1. The standard InChI is InChI=1S/C17H16N2O5S/c1-2-25(23,24)15-10-8-14(9-11-15)18-17(20)12-7-13-5-3-4-6-16(13)19(21)22/h3-12H,2H2,1H3,(H,18,20)/b12-7+. The molecule has 2 aromatic rings. The van der Waals surface area contributed by atoms with E-state index in [1.165, 1.54) is 48.6 Å². The molecule has 0 atom stereocenters. The van der Waals surface area contributed by atoms with Gasteiger partial charge in [-0.25, -0.2) is 8.42 Å². The normalized spacial score (nSPS) is 11.4. The summed E-state index contributed by atoms with van der Waals surface area (Å²) in [5.74, 6) is -0.485. The molecule has 0 aliphatic carbocycles. The Labute approximate surface area is 145 Å². The van der Waals surface area contributed by atoms with Crippen LogP contribution in [0.1, 0.15) is 12.5 Å². The van der Waals surface area contributed by atoms with E-state index in [4.69, 9.17) is 0 Å². The van der Waals surface area contributed by atoms with E-state index in [1.807, 2.05) is 0 Å². The SMILES string of the molecule is CCS(=O)(=O)c1ccc(NC(=O)/C=C/c2ccccc2[N+](=O)[O-])cc1. The van der Waals surface area contributed by atoms with Crippen LogP contribution >= 0.6 is 0 Å². The summed E-state index contributed by atoms with van der Waals surface area (Å²) in [5, 5.41) is 13.5. The van der Waals surface area contributed by atoms with Crippen molar-refractivity contribution < 1.29 is 18.1 Å². The maximum absolute atomic E-state index is 11.9. The number of sulfone groups is 1. The second kappa shape index (κ2) is 7.71. The predicted molar refractivity (Wildman–Crippen MR) is 94.9 cm³/mol. The summed E-state index contributed by atoms with van der Waals surface area (Å²) in [5.41, 5.74) is 0.639. The van der Waals surface area contributed by atoms with Crippen molar-refractivity contribution in [2.45, 2.75) is 11.8 Å². The van der Waals surface area contributed by atoms with Gasteiger partial charge in [-0.2, -0.15) is 0 Å². The zero-order valence-corrected chi connectivity index (χ0v) is 14.2. The van der Waals surface area contributed by atoms with Gasteiger partial charge in [-0.15, -0.1) is 0 Å². The van der Waals surface area contributed by atoms with Gasteiger partial charge in [0, 0.05) is 17.8 Å². The Bertz CT molecular complexity index is 918. The topological polar surface area (TPSA) is 106 Å². The van der Waals surface area contributed by atoms with Crippen molar-refractivity contribution >= 4 is 33.2 Å². The third-order valence-electron chi connectivity index (χ3n) is 3.41. The Kier molecular flexibility index (Phi) is 5.66. The average Bonchev–Trinajstić information content (AvgIpc) is 2.60. The number of para-hydroxylation sites is 1. The van der Waals surface area contributed by atoms with Crippen LogP contribution in [-0.2, 0) is 14.6 Å². The highest BCUT2D eigenvalue weighted by atomic mass is 32.2. The zero-order chi connectivity index (χ0) is 18.4. The highest BCUT2D eigenvalue weighted by Crippen LogP contribution is 2.19. The first-order valence-electron chi connectivity index (χ1n) is 7.39. The quantitative estimate of drug-likeness (QED) is 0.484. The number of nitrogens with zero attached hydrogens (tertiary/aromatic N) is 1. The number of hydrogen-bond donors (Lipinski definition) is 1. The molecule has 2 aromatic carbocycles. The van der Waals surface area contributed by atoms with Crippen LogP contribution in [-0.4, -0.2) is 25.0 Å². The highest BCUT2D eigenvalue weighted by molar-refractivity contribution is 7.91. The predicted octanol–water partition coefficient (Wildman–Crippen LogP) is 3.04. The molecule has 0 unspecified atom stereocenters. The summed E-state index contributed by atoms with van der Waals surface area (Å²) in [6.45, 7) is 1.55. The van der Waals surface area contributed by atoms with Gasteiger partial charge in [0.05, 0.1) is 21.1 Å². The van der Waals surface area contributed by atoms with Crippen LogP contribution in [0.2, 0.25) is 0 Å². The minimum Gasteiger partial charge on any atom is -0.323 e. The van der Waals surface area contributed by atoms with Gasteiger partial charge in [0.25, 0.3) is 5.69 Å². The van der Waals surface area contributed by atoms with Gasteiger partial charge in [-0.3, -0.25) is 14.9 Å². The van der Waals surface area contributed by atoms with Gasteiger partial charge in [0.1, 0.15) is 0 Å². The molecule has 0 aliphatic heterocycles. The number of benzene rings is 2. The minimum absolute atomic E-state index is 0.00268. The molecule has 0 aliphatic rings. The van der Waals surface area contributed by atoms with E-state index < -0.39 is 20.7 Å². The van der Waals surface area contributed by atoms with Gasteiger partial charge < -0.3 is 5.32 Å². The van der Waals surface area contributed by atoms with Crippen molar-refractivity contribution in [1.29, 1.82) is 0 Å². The molecule has 0 aromatic heterocycles. The van der Waals surface area contributed by atoms with E-state index in [1.54, 1.807) is 19.1 Å². The molecule has 0 fully saturated rings. The lowest BCUT2D eigenvalue weighted by Gasteiger charge is -2.05. The molecule has 1 N–H and O–H groups in total. The van der Waals surface area contributed by atoms with E-state index >= 15 is 0 Å². The summed E-state index contributed by atoms with van der Waals surface area (Å²) in [6.07, 6.45) is 2.53. The van der Waals surface area contributed by atoms with Gasteiger partial charge in [-0.1, -0.05) is 19.1 Å². The largest absolute Gasteiger partial charge is 0.323 e. The van der Waals surface area contributed by atoms with Crippen molar-refractivity contribution in [3.63, 3.8) is 0 Å². The monoisotopic (exact) mass is 360 g/mol. The summed E-state index contributed by atoms with van der Waals surface area (Å²) < 4.78 is 23.5. The van der Waals surface area contributed by atoms with E-state index in [0.717, 1.165) is 0 Å². The third-order valence-corrected chi connectivity index (χ3v) is 5.16. The van der Waals surface area contributed by atoms with Crippen molar-refractivity contribution in [1.82, 2.24) is 0 Å². The number of amides is 1. The number of nitro groups is 1. The summed E-state index contributed by atoms with van der Waals surface area (Å²) in [4.78, 5) is 22.5. The Morgan fingerprint density at radius 3 is 2.40 bits per heavy atom. The van der Waals surface area contributed by atoms with Gasteiger partial charge in [-0.05, 0) is 36.4 Å². The molecular formula is C17H16N2O5S. The molecule has 0 spiro atoms. The Balaban J connectivity index is 2.09. The first-order valence-corrected chi connectivity index (χ1v) is 9.04. The number of anilines is 1. The number of hydrogen-bond acceptors (Lipinski definition) is 5. The zero-order valence-electron chi connectivity index (χ0n) is 13.4. The molecule has 0 saturated heterocycles. The van der Waals surface area contributed by atoms with E-state index in [-0.39, 0.29) is 16.3 Å². The fourth-order valence-electron chi connectivity index (χ4n) is 2.06. The average molecular weight is 360 g/mol. The van der Waals surface area contributed by atoms with Gasteiger partial charge in [0.2, 0.25) is 5.91 Å². The van der Waals surface area contributed by atoms with Gasteiger partial charge in [0.15, 0.2) is 9.84 Å². The van der Waals surface area contributed by atoms with Crippen molar-refractivity contribution in [3.05, 3.63) is 70.3 Å². The molecule has 0 saturated carbocycles. The number of carbonyl (C=O) groups is 1. The molecule has 130 valence electrons. The van der Waals surface area contributed by atoms with E-state index in [2.05, 4.69) is 5.32 Å². The smallest absolute Gasteiger partial charge is 0.276 e. The number of nitro benzene ring substituents is 1. The Morgan fingerprint density at radius 1 is 1.16 bits per heavy atom. The molecule has 2 rings (SSSR count). The summed E-state index contributed by atoms with van der Waals surface area (Å²) in [7, 11) is -3.29. The highest BCUT2D eigenvalue weighted by Gasteiger charge is 2.12. The number of nitrogens with one attached hydrogen (secondary N) is 1. The number of rotatable bonds is 6. The summed E-state index contributed by atoms with van der Waals surface area (Å²) in [6, 6.07) is 11.9. The molecule has 25 heavy (non-hydrogen) atoms. The number of carbonyl (C=O) groups excluding carboxylic acids is 1. The van der Waals surface area contributed by atoms with Gasteiger partial charge >= 0.3 is 0 Å². The second-order valence-electron chi connectivity index (χ2n) is 5.07. The minimum atomic E-state index is -3.29. The molecule has 1 amide bonds. The van der Waals surface area contributed by atoms with Crippen LogP contribution in [0.5, 0.6) is 0 Å². The van der Waals surface area contributed by atoms with Crippen LogP contribution in [0.25, 0.3) is 6.08 Å². The van der Waals surface area contributed by atoms with Crippen LogP contribution in [0.3, 0.4) is 0 Å². The molecule has 0 bridgehead atoms. The van der Waals surface area contributed by atoms with E-state index in [0.29, 0.717) is 11.3 Å².